The van der Waals surface area contributed by atoms with Gasteiger partial charge in [-0.05, 0) is 49.6 Å². The van der Waals surface area contributed by atoms with Gasteiger partial charge in [0.2, 0.25) is 5.91 Å². The fraction of sp³-hybridized carbons (Fsp3) is 0.364. The third-order valence-electron chi connectivity index (χ3n) is 5.47. The second kappa shape index (κ2) is 8.61. The number of aromatic nitrogens is 3. The third kappa shape index (κ3) is 4.03. The Bertz CT molecular complexity index is 1110. The molecule has 7 nitrogen and oxygen atoms in total. The van der Waals surface area contributed by atoms with Crippen LogP contribution < -0.4 is 15.8 Å². The topological polar surface area (TPSA) is 80.1 Å². The molecule has 1 saturated heterocycles. The lowest BCUT2D eigenvalue weighted by Crippen LogP contribution is -2.45. The van der Waals surface area contributed by atoms with Crippen LogP contribution in [0.1, 0.15) is 25.3 Å². The summed E-state index contributed by atoms with van der Waals surface area (Å²) in [5.74, 6) is -0.237. The molecule has 8 heteroatoms. The summed E-state index contributed by atoms with van der Waals surface area (Å²) in [6.07, 6.45) is 3.20. The highest BCUT2D eigenvalue weighted by atomic mass is 19.1. The highest BCUT2D eigenvalue weighted by Crippen LogP contribution is 2.21. The lowest BCUT2D eigenvalue weighted by molar-refractivity contribution is -0.125. The van der Waals surface area contributed by atoms with Crippen molar-refractivity contribution in [3.8, 4) is 0 Å². The normalized spacial score (nSPS) is 16.6. The number of hydrogen-bond acceptors (Lipinski definition) is 5. The van der Waals surface area contributed by atoms with Crippen LogP contribution in [0.4, 0.5) is 10.2 Å². The van der Waals surface area contributed by atoms with Gasteiger partial charge >= 0.3 is 0 Å². The third-order valence-corrected chi connectivity index (χ3v) is 5.47. The lowest BCUT2D eigenvalue weighted by Gasteiger charge is -2.32. The SMILES string of the molecule is CCn1c(=O)c(N2CCCC(C(=O)NCc3ccc(F)cc3)C2)nc2cccnc21. The molecule has 1 aromatic carbocycles. The molecule has 1 aliphatic heterocycles. The van der Waals surface area contributed by atoms with Crippen LogP contribution in [0.5, 0.6) is 0 Å². The van der Waals surface area contributed by atoms with Crippen LogP contribution in [0.2, 0.25) is 0 Å². The van der Waals surface area contributed by atoms with Gasteiger partial charge in [0, 0.05) is 32.4 Å². The molecule has 1 atom stereocenters. The van der Waals surface area contributed by atoms with Crippen LogP contribution in [-0.2, 0) is 17.9 Å². The summed E-state index contributed by atoms with van der Waals surface area (Å²) >= 11 is 0. The van der Waals surface area contributed by atoms with Crippen molar-refractivity contribution < 1.29 is 9.18 Å². The van der Waals surface area contributed by atoms with Gasteiger partial charge in [0.1, 0.15) is 11.3 Å². The van der Waals surface area contributed by atoms with E-state index in [2.05, 4.69) is 15.3 Å². The fourth-order valence-electron chi connectivity index (χ4n) is 3.88. The molecule has 0 bridgehead atoms. The molecular formula is C22H24FN5O2. The van der Waals surface area contributed by atoms with Crippen LogP contribution in [0, 0.1) is 11.7 Å². The molecule has 0 radical (unpaired) electrons. The van der Waals surface area contributed by atoms with Crippen LogP contribution in [0.15, 0.2) is 47.4 Å². The van der Waals surface area contributed by atoms with E-state index in [1.165, 1.54) is 12.1 Å². The zero-order valence-corrected chi connectivity index (χ0v) is 16.8. The van der Waals surface area contributed by atoms with E-state index in [9.17, 15) is 14.0 Å². The molecule has 3 heterocycles. The molecule has 0 aliphatic carbocycles. The molecule has 1 aliphatic rings. The number of aryl methyl sites for hydroxylation is 1. The van der Waals surface area contributed by atoms with Crippen molar-refractivity contribution in [1.82, 2.24) is 19.9 Å². The first-order valence-electron chi connectivity index (χ1n) is 10.2. The van der Waals surface area contributed by atoms with Crippen molar-refractivity contribution in [3.05, 3.63) is 64.3 Å². The Labute approximate surface area is 173 Å². The average molecular weight is 409 g/mol. The number of rotatable bonds is 5. The fourth-order valence-corrected chi connectivity index (χ4v) is 3.88. The van der Waals surface area contributed by atoms with Gasteiger partial charge in [-0.2, -0.15) is 0 Å². The molecule has 156 valence electrons. The Hall–Kier alpha value is -3.29. The van der Waals surface area contributed by atoms with Gasteiger partial charge in [0.25, 0.3) is 5.56 Å². The molecule has 4 rings (SSSR count). The summed E-state index contributed by atoms with van der Waals surface area (Å²) in [6, 6.07) is 9.71. The van der Waals surface area contributed by atoms with Gasteiger partial charge in [0.05, 0.1) is 5.92 Å². The van der Waals surface area contributed by atoms with E-state index in [0.29, 0.717) is 43.2 Å². The number of pyridine rings is 1. The first kappa shape index (κ1) is 20.0. The predicted octanol–water partition coefficient (Wildman–Crippen LogP) is 2.48. The summed E-state index contributed by atoms with van der Waals surface area (Å²) in [4.78, 5) is 36.5. The Balaban J connectivity index is 1.51. The van der Waals surface area contributed by atoms with Crippen molar-refractivity contribution in [2.45, 2.75) is 32.9 Å². The van der Waals surface area contributed by atoms with Crippen LogP contribution >= 0.6 is 0 Å². The maximum atomic E-state index is 13.0. The van der Waals surface area contributed by atoms with Crippen molar-refractivity contribution in [3.63, 3.8) is 0 Å². The minimum absolute atomic E-state index is 0.0673. The minimum Gasteiger partial charge on any atom is -0.352 e. The molecule has 0 saturated carbocycles. The number of benzene rings is 1. The zero-order valence-electron chi connectivity index (χ0n) is 16.8. The van der Waals surface area contributed by atoms with E-state index < -0.39 is 0 Å². The standard InChI is InChI=1S/C22H24FN5O2/c1-2-28-19-18(6-3-11-24-19)26-20(22(28)30)27-12-4-5-16(14-27)21(29)25-13-15-7-9-17(23)10-8-15/h3,6-11,16H,2,4-5,12-14H2,1H3,(H,25,29). The van der Waals surface area contributed by atoms with Gasteiger partial charge in [-0.1, -0.05) is 12.1 Å². The van der Waals surface area contributed by atoms with E-state index in [1.54, 1.807) is 29.0 Å². The number of halogens is 1. The number of carbonyl (C=O) groups excluding carboxylic acids is 1. The second-order valence-corrected chi connectivity index (χ2v) is 7.46. The van der Waals surface area contributed by atoms with Crippen LogP contribution in [0.25, 0.3) is 11.2 Å². The zero-order chi connectivity index (χ0) is 21.1. The Morgan fingerprint density at radius 2 is 2.07 bits per heavy atom. The van der Waals surface area contributed by atoms with E-state index in [-0.39, 0.29) is 23.2 Å². The molecule has 1 N–H and O–H groups in total. The van der Waals surface area contributed by atoms with Gasteiger partial charge in [0.15, 0.2) is 11.5 Å². The molecule has 2 aromatic heterocycles. The maximum Gasteiger partial charge on any atom is 0.295 e. The molecule has 1 unspecified atom stereocenters. The first-order chi connectivity index (χ1) is 14.6. The number of hydrogen-bond donors (Lipinski definition) is 1. The quantitative estimate of drug-likeness (QED) is 0.700. The lowest BCUT2D eigenvalue weighted by atomic mass is 9.97. The number of piperidine rings is 1. The molecular weight excluding hydrogens is 385 g/mol. The van der Waals surface area contributed by atoms with Crippen LogP contribution in [0.3, 0.4) is 0 Å². The highest BCUT2D eigenvalue weighted by Gasteiger charge is 2.28. The van der Waals surface area contributed by atoms with Crippen molar-refractivity contribution in [1.29, 1.82) is 0 Å². The number of nitrogens with one attached hydrogen (secondary N) is 1. The number of nitrogens with zero attached hydrogens (tertiary/aromatic N) is 4. The van der Waals surface area contributed by atoms with Gasteiger partial charge in [-0.25, -0.2) is 14.4 Å². The van der Waals surface area contributed by atoms with Gasteiger partial charge in [-0.15, -0.1) is 0 Å². The van der Waals surface area contributed by atoms with Gasteiger partial charge in [-0.3, -0.25) is 14.2 Å². The Morgan fingerprint density at radius 1 is 1.27 bits per heavy atom. The summed E-state index contributed by atoms with van der Waals surface area (Å²) < 4.78 is 14.7. The van der Waals surface area contributed by atoms with Gasteiger partial charge < -0.3 is 10.2 Å². The predicted molar refractivity (Wildman–Crippen MR) is 113 cm³/mol. The van der Waals surface area contributed by atoms with Crippen molar-refractivity contribution in [2.24, 2.45) is 5.92 Å². The molecule has 1 amide bonds. The van der Waals surface area contributed by atoms with Crippen molar-refractivity contribution in [2.75, 3.05) is 18.0 Å². The highest BCUT2D eigenvalue weighted by molar-refractivity contribution is 5.79. The molecule has 1 fully saturated rings. The monoisotopic (exact) mass is 409 g/mol. The Kier molecular flexibility index (Phi) is 5.74. The number of fused-ring (bicyclic) bond motifs is 1. The summed E-state index contributed by atoms with van der Waals surface area (Å²) in [7, 11) is 0. The van der Waals surface area contributed by atoms with Crippen LogP contribution in [-0.4, -0.2) is 33.5 Å². The number of anilines is 1. The average Bonchev–Trinajstić information content (AvgIpc) is 2.78. The summed E-state index contributed by atoms with van der Waals surface area (Å²) in [5, 5.41) is 2.93. The largest absolute Gasteiger partial charge is 0.352 e. The molecule has 3 aromatic rings. The van der Waals surface area contributed by atoms with E-state index in [1.807, 2.05) is 17.9 Å². The van der Waals surface area contributed by atoms with E-state index in [4.69, 9.17) is 0 Å². The summed E-state index contributed by atoms with van der Waals surface area (Å²) in [6.45, 7) is 3.86. The Morgan fingerprint density at radius 3 is 2.83 bits per heavy atom. The smallest absolute Gasteiger partial charge is 0.295 e. The second-order valence-electron chi connectivity index (χ2n) is 7.46. The molecule has 30 heavy (non-hydrogen) atoms. The van der Waals surface area contributed by atoms with E-state index in [0.717, 1.165) is 18.4 Å². The first-order valence-corrected chi connectivity index (χ1v) is 10.2. The maximum absolute atomic E-state index is 13.0. The summed E-state index contributed by atoms with van der Waals surface area (Å²) in [5.41, 5.74) is 1.89. The van der Waals surface area contributed by atoms with Crippen molar-refractivity contribution >= 4 is 22.9 Å². The number of amides is 1. The minimum atomic E-state index is -0.302. The van der Waals surface area contributed by atoms with E-state index >= 15 is 0 Å². The number of carbonyl (C=O) groups is 1. The molecule has 0 spiro atoms.